The Hall–Kier alpha value is -2.95. The van der Waals surface area contributed by atoms with Crippen LogP contribution in [0.5, 0.6) is 11.5 Å². The van der Waals surface area contributed by atoms with Gasteiger partial charge < -0.3 is 19.3 Å². The molecule has 0 radical (unpaired) electrons. The monoisotopic (exact) mass is 393 g/mol. The van der Waals surface area contributed by atoms with Gasteiger partial charge >= 0.3 is 0 Å². The van der Waals surface area contributed by atoms with Gasteiger partial charge in [0, 0.05) is 17.8 Å². The van der Waals surface area contributed by atoms with Crippen molar-refractivity contribution in [1.82, 2.24) is 4.90 Å². The highest BCUT2D eigenvalue weighted by molar-refractivity contribution is 5.99. The first kappa shape index (κ1) is 20.8. The standard InChI is InChI=1S/C24H31N3O2/c1-7-19-16-17-26(24(2,3)4)23(25-18-8-12-21(28-5)13-9-18)27(19)20-10-14-22(29-6)15-11-20/h7-15,19H,1,16-17H2,2-6H3. The van der Waals surface area contributed by atoms with E-state index in [0.29, 0.717) is 0 Å². The van der Waals surface area contributed by atoms with Crippen LogP contribution in [0.3, 0.4) is 0 Å². The van der Waals surface area contributed by atoms with Crippen molar-refractivity contribution in [2.75, 3.05) is 25.7 Å². The van der Waals surface area contributed by atoms with Crippen molar-refractivity contribution in [2.45, 2.75) is 38.8 Å². The summed E-state index contributed by atoms with van der Waals surface area (Å²) >= 11 is 0. The van der Waals surface area contributed by atoms with Crippen LogP contribution in [0.2, 0.25) is 0 Å². The minimum absolute atomic E-state index is 0.0673. The summed E-state index contributed by atoms with van der Waals surface area (Å²) in [6, 6.07) is 16.1. The first-order chi connectivity index (χ1) is 13.9. The zero-order valence-corrected chi connectivity index (χ0v) is 18.1. The van der Waals surface area contributed by atoms with E-state index in [-0.39, 0.29) is 11.6 Å². The van der Waals surface area contributed by atoms with Crippen LogP contribution in [0.15, 0.2) is 66.2 Å². The predicted octanol–water partition coefficient (Wildman–Crippen LogP) is 5.26. The smallest absolute Gasteiger partial charge is 0.207 e. The van der Waals surface area contributed by atoms with Crippen molar-refractivity contribution in [1.29, 1.82) is 0 Å². The van der Waals surface area contributed by atoms with Crippen LogP contribution in [0.25, 0.3) is 0 Å². The van der Waals surface area contributed by atoms with Crippen LogP contribution in [-0.4, -0.2) is 43.2 Å². The van der Waals surface area contributed by atoms with Crippen LogP contribution in [0.1, 0.15) is 27.2 Å². The molecule has 5 nitrogen and oxygen atoms in total. The number of guanidine groups is 1. The molecule has 0 aromatic heterocycles. The van der Waals surface area contributed by atoms with E-state index in [0.717, 1.165) is 41.8 Å². The van der Waals surface area contributed by atoms with Gasteiger partial charge in [-0.1, -0.05) is 6.08 Å². The molecule has 3 rings (SSSR count). The molecule has 0 N–H and O–H groups in total. The fourth-order valence-corrected chi connectivity index (χ4v) is 3.56. The second kappa shape index (κ2) is 8.60. The molecular weight excluding hydrogens is 362 g/mol. The summed E-state index contributed by atoms with van der Waals surface area (Å²) in [6.07, 6.45) is 2.99. The van der Waals surface area contributed by atoms with Crippen LogP contribution >= 0.6 is 0 Å². The number of methoxy groups -OCH3 is 2. The molecule has 0 spiro atoms. The molecule has 1 aliphatic heterocycles. The molecule has 1 heterocycles. The molecule has 0 aliphatic carbocycles. The molecule has 0 amide bonds. The molecule has 1 atom stereocenters. The first-order valence-corrected chi connectivity index (χ1v) is 9.93. The lowest BCUT2D eigenvalue weighted by atomic mass is 10.0. The average Bonchev–Trinajstić information content (AvgIpc) is 2.73. The molecule has 5 heteroatoms. The molecule has 1 fully saturated rings. The van der Waals surface area contributed by atoms with Crippen LogP contribution in [0.4, 0.5) is 11.4 Å². The van der Waals surface area contributed by atoms with E-state index in [1.807, 2.05) is 42.5 Å². The van der Waals surface area contributed by atoms with Gasteiger partial charge in [-0.3, -0.25) is 0 Å². The lowest BCUT2D eigenvalue weighted by Crippen LogP contribution is -2.60. The second-order valence-corrected chi connectivity index (χ2v) is 8.09. The summed E-state index contributed by atoms with van der Waals surface area (Å²) in [5.41, 5.74) is 1.89. The van der Waals surface area contributed by atoms with Crippen molar-refractivity contribution in [3.63, 3.8) is 0 Å². The maximum absolute atomic E-state index is 5.34. The number of aliphatic imine (C=N–C) groups is 1. The third kappa shape index (κ3) is 4.56. The molecule has 1 saturated heterocycles. The van der Waals surface area contributed by atoms with Gasteiger partial charge in [0.15, 0.2) is 0 Å². The number of ether oxygens (including phenoxy) is 2. The summed E-state index contributed by atoms with van der Waals surface area (Å²) < 4.78 is 10.6. The van der Waals surface area contributed by atoms with E-state index in [1.54, 1.807) is 14.2 Å². The third-order valence-electron chi connectivity index (χ3n) is 5.17. The Labute approximate surface area is 174 Å². The van der Waals surface area contributed by atoms with E-state index >= 15 is 0 Å². The predicted molar refractivity (Wildman–Crippen MR) is 121 cm³/mol. The average molecular weight is 394 g/mol. The summed E-state index contributed by atoms with van der Waals surface area (Å²) in [5, 5.41) is 0. The Morgan fingerprint density at radius 1 is 0.966 bits per heavy atom. The highest BCUT2D eigenvalue weighted by atomic mass is 16.5. The Kier molecular flexibility index (Phi) is 6.16. The molecule has 2 aromatic carbocycles. The van der Waals surface area contributed by atoms with Crippen molar-refractivity contribution < 1.29 is 9.47 Å². The van der Waals surface area contributed by atoms with Gasteiger partial charge in [-0.05, 0) is 75.7 Å². The van der Waals surface area contributed by atoms with Crippen LogP contribution in [0, 0.1) is 0 Å². The number of nitrogens with zero attached hydrogens (tertiary/aromatic N) is 3. The highest BCUT2D eigenvalue weighted by Gasteiger charge is 2.36. The quantitative estimate of drug-likeness (QED) is 0.650. The van der Waals surface area contributed by atoms with Crippen LogP contribution < -0.4 is 14.4 Å². The van der Waals surface area contributed by atoms with Gasteiger partial charge in [0.2, 0.25) is 5.96 Å². The van der Waals surface area contributed by atoms with E-state index in [1.165, 1.54) is 0 Å². The first-order valence-electron chi connectivity index (χ1n) is 9.93. The topological polar surface area (TPSA) is 37.3 Å². The molecule has 0 bridgehead atoms. The van der Waals surface area contributed by atoms with E-state index in [4.69, 9.17) is 14.5 Å². The van der Waals surface area contributed by atoms with Crippen molar-refractivity contribution in [3.8, 4) is 11.5 Å². The van der Waals surface area contributed by atoms with E-state index < -0.39 is 0 Å². The van der Waals surface area contributed by atoms with Gasteiger partial charge in [-0.15, -0.1) is 6.58 Å². The maximum atomic E-state index is 5.34. The molecule has 154 valence electrons. The summed E-state index contributed by atoms with van der Waals surface area (Å²) in [7, 11) is 3.35. The number of anilines is 1. The Bertz CT molecular complexity index is 851. The van der Waals surface area contributed by atoms with Crippen molar-refractivity contribution >= 4 is 17.3 Å². The fourth-order valence-electron chi connectivity index (χ4n) is 3.56. The van der Waals surface area contributed by atoms with E-state index in [9.17, 15) is 0 Å². The molecule has 0 saturated carbocycles. The van der Waals surface area contributed by atoms with Gasteiger partial charge in [0.25, 0.3) is 0 Å². The fraction of sp³-hybridized carbons (Fsp3) is 0.375. The molecular formula is C24H31N3O2. The third-order valence-corrected chi connectivity index (χ3v) is 5.17. The minimum atomic E-state index is -0.0673. The summed E-state index contributed by atoms with van der Waals surface area (Å²) in [5.74, 6) is 2.58. The molecule has 2 aromatic rings. The normalized spacial score (nSPS) is 18.7. The summed E-state index contributed by atoms with van der Waals surface area (Å²) in [4.78, 5) is 9.71. The Morgan fingerprint density at radius 2 is 1.52 bits per heavy atom. The lowest BCUT2D eigenvalue weighted by Gasteiger charge is -2.49. The minimum Gasteiger partial charge on any atom is -0.497 e. The molecule has 1 aliphatic rings. The van der Waals surface area contributed by atoms with Gasteiger partial charge in [-0.25, -0.2) is 4.99 Å². The highest BCUT2D eigenvalue weighted by Crippen LogP contribution is 2.32. The number of rotatable bonds is 5. The molecule has 29 heavy (non-hydrogen) atoms. The Balaban J connectivity index is 2.11. The van der Waals surface area contributed by atoms with Crippen molar-refractivity contribution in [2.24, 2.45) is 4.99 Å². The Morgan fingerprint density at radius 3 is 2.00 bits per heavy atom. The zero-order valence-electron chi connectivity index (χ0n) is 18.1. The maximum Gasteiger partial charge on any atom is 0.207 e. The van der Waals surface area contributed by atoms with Crippen LogP contribution in [-0.2, 0) is 0 Å². The second-order valence-electron chi connectivity index (χ2n) is 8.09. The number of hydrogen-bond donors (Lipinski definition) is 0. The SMILES string of the molecule is C=CC1CCN(C(C)(C)C)C(=Nc2ccc(OC)cc2)N1c1ccc(OC)cc1. The lowest BCUT2D eigenvalue weighted by molar-refractivity contribution is 0.213. The molecule has 1 unspecified atom stereocenters. The summed E-state index contributed by atoms with van der Waals surface area (Å²) in [6.45, 7) is 11.7. The zero-order chi connectivity index (χ0) is 21.0. The van der Waals surface area contributed by atoms with Gasteiger partial charge in [0.1, 0.15) is 11.5 Å². The number of benzene rings is 2. The van der Waals surface area contributed by atoms with Gasteiger partial charge in [0.05, 0.1) is 25.9 Å². The van der Waals surface area contributed by atoms with Gasteiger partial charge in [-0.2, -0.15) is 0 Å². The van der Waals surface area contributed by atoms with Crippen molar-refractivity contribution in [3.05, 3.63) is 61.2 Å². The number of hydrogen-bond acceptors (Lipinski definition) is 3. The van der Waals surface area contributed by atoms with E-state index in [2.05, 4.69) is 49.3 Å². The largest absolute Gasteiger partial charge is 0.497 e.